The second kappa shape index (κ2) is 6.25. The zero-order valence-corrected chi connectivity index (χ0v) is 10.5. The number of nitrogens with zero attached hydrogens (tertiary/aromatic N) is 1. The first kappa shape index (κ1) is 13.5. The second-order valence-electron chi connectivity index (χ2n) is 4.04. The Kier molecular flexibility index (Phi) is 4.97. The van der Waals surface area contributed by atoms with Crippen LogP contribution < -0.4 is 4.74 Å². The highest BCUT2D eigenvalue weighted by atomic mass is 16.5. The van der Waals surface area contributed by atoms with Crippen LogP contribution in [0.3, 0.4) is 0 Å². The quantitative estimate of drug-likeness (QED) is 0.846. The van der Waals surface area contributed by atoms with Crippen molar-refractivity contribution in [2.45, 2.75) is 19.4 Å². The Morgan fingerprint density at radius 2 is 2.06 bits per heavy atom. The fourth-order valence-corrected chi connectivity index (χ4v) is 1.38. The third-order valence-electron chi connectivity index (χ3n) is 2.51. The molecule has 0 saturated carbocycles. The molecule has 1 N–H and O–H groups in total. The summed E-state index contributed by atoms with van der Waals surface area (Å²) in [6, 6.07) is 7.23. The number of para-hydroxylation sites is 1. The van der Waals surface area contributed by atoms with E-state index in [1.807, 2.05) is 25.1 Å². The van der Waals surface area contributed by atoms with Crippen LogP contribution in [-0.2, 0) is 4.79 Å². The van der Waals surface area contributed by atoms with Gasteiger partial charge in [0.25, 0.3) is 5.91 Å². The number of hydrogen-bond donors (Lipinski definition) is 1. The van der Waals surface area contributed by atoms with Gasteiger partial charge in [-0.05, 0) is 12.5 Å². The molecular weight excluding hydrogens is 218 g/mol. The first-order valence-corrected chi connectivity index (χ1v) is 5.66. The number of aliphatic hydroxyl groups is 1. The van der Waals surface area contributed by atoms with Gasteiger partial charge >= 0.3 is 0 Å². The first-order valence-electron chi connectivity index (χ1n) is 5.66. The van der Waals surface area contributed by atoms with Crippen LogP contribution in [0.1, 0.15) is 25.0 Å². The molecule has 0 saturated heterocycles. The molecule has 1 amide bonds. The predicted octanol–water partition coefficient (Wildman–Crippen LogP) is 1.60. The monoisotopic (exact) mass is 237 g/mol. The van der Waals surface area contributed by atoms with E-state index in [2.05, 4.69) is 0 Å². The normalized spacial score (nSPS) is 12.0. The summed E-state index contributed by atoms with van der Waals surface area (Å²) in [7, 11) is 3.36. The predicted molar refractivity (Wildman–Crippen MR) is 65.9 cm³/mol. The average molecular weight is 237 g/mol. The molecule has 1 aromatic rings. The van der Waals surface area contributed by atoms with Crippen LogP contribution >= 0.6 is 0 Å². The van der Waals surface area contributed by atoms with E-state index in [4.69, 9.17) is 4.74 Å². The highest BCUT2D eigenvalue weighted by molar-refractivity contribution is 5.77. The average Bonchev–Trinajstić information content (AvgIpc) is 2.35. The van der Waals surface area contributed by atoms with E-state index in [-0.39, 0.29) is 12.5 Å². The SMILES string of the molecule is CC[C@@H](O)c1ccccc1OCC(=O)N(C)C. The van der Waals surface area contributed by atoms with Gasteiger partial charge in [-0.2, -0.15) is 0 Å². The third-order valence-corrected chi connectivity index (χ3v) is 2.51. The molecule has 4 nitrogen and oxygen atoms in total. The Morgan fingerprint density at radius 3 is 2.65 bits per heavy atom. The van der Waals surface area contributed by atoms with Gasteiger partial charge in [-0.1, -0.05) is 25.1 Å². The summed E-state index contributed by atoms with van der Waals surface area (Å²) in [6.45, 7) is 1.88. The van der Waals surface area contributed by atoms with Gasteiger partial charge in [0, 0.05) is 19.7 Å². The maximum atomic E-state index is 11.4. The number of rotatable bonds is 5. The Labute approximate surface area is 102 Å². The molecule has 0 aliphatic heterocycles. The molecule has 0 radical (unpaired) electrons. The van der Waals surface area contributed by atoms with E-state index in [1.165, 1.54) is 4.90 Å². The molecule has 17 heavy (non-hydrogen) atoms. The van der Waals surface area contributed by atoms with Gasteiger partial charge in [0.1, 0.15) is 5.75 Å². The second-order valence-corrected chi connectivity index (χ2v) is 4.04. The number of carbonyl (C=O) groups excluding carboxylic acids is 1. The molecule has 0 aromatic heterocycles. The van der Waals surface area contributed by atoms with E-state index in [9.17, 15) is 9.90 Å². The van der Waals surface area contributed by atoms with Crippen molar-refractivity contribution < 1.29 is 14.6 Å². The van der Waals surface area contributed by atoms with Crippen molar-refractivity contribution in [3.8, 4) is 5.75 Å². The molecule has 0 unspecified atom stereocenters. The lowest BCUT2D eigenvalue weighted by Gasteiger charge is -2.16. The first-order chi connectivity index (χ1) is 8.06. The molecule has 0 aliphatic rings. The molecule has 1 rings (SSSR count). The van der Waals surface area contributed by atoms with Crippen molar-refractivity contribution in [3.63, 3.8) is 0 Å². The minimum atomic E-state index is -0.555. The Balaban J connectivity index is 2.74. The Morgan fingerprint density at radius 1 is 1.41 bits per heavy atom. The van der Waals surface area contributed by atoms with Crippen LogP contribution in [0.5, 0.6) is 5.75 Å². The molecule has 0 fully saturated rings. The van der Waals surface area contributed by atoms with E-state index in [0.717, 1.165) is 5.56 Å². The topological polar surface area (TPSA) is 49.8 Å². The standard InChI is InChI=1S/C13H19NO3/c1-4-11(15)10-7-5-6-8-12(10)17-9-13(16)14(2)3/h5-8,11,15H,4,9H2,1-3H3/t11-/m1/s1. The number of likely N-dealkylation sites (N-methyl/N-ethyl adjacent to an activating group) is 1. The number of benzene rings is 1. The molecule has 94 valence electrons. The third kappa shape index (κ3) is 3.75. The van der Waals surface area contributed by atoms with Crippen LogP contribution in [0.25, 0.3) is 0 Å². The molecule has 0 aliphatic carbocycles. The molecule has 0 bridgehead atoms. The Bertz CT molecular complexity index is 377. The van der Waals surface area contributed by atoms with Gasteiger partial charge in [-0.3, -0.25) is 4.79 Å². The summed E-state index contributed by atoms with van der Waals surface area (Å²) < 4.78 is 5.43. The van der Waals surface area contributed by atoms with E-state index >= 15 is 0 Å². The van der Waals surface area contributed by atoms with Crippen molar-refractivity contribution in [3.05, 3.63) is 29.8 Å². The summed E-state index contributed by atoms with van der Waals surface area (Å²) in [5.41, 5.74) is 0.724. The maximum Gasteiger partial charge on any atom is 0.259 e. The van der Waals surface area contributed by atoms with E-state index in [0.29, 0.717) is 12.2 Å². The maximum absolute atomic E-state index is 11.4. The molecular formula is C13H19NO3. The van der Waals surface area contributed by atoms with Gasteiger partial charge in [0.05, 0.1) is 6.10 Å². The van der Waals surface area contributed by atoms with E-state index < -0.39 is 6.10 Å². The minimum absolute atomic E-state index is 0.0134. The van der Waals surface area contributed by atoms with Crippen molar-refractivity contribution in [1.82, 2.24) is 4.90 Å². The van der Waals surface area contributed by atoms with Crippen LogP contribution in [0.2, 0.25) is 0 Å². The summed E-state index contributed by atoms with van der Waals surface area (Å²) in [5.74, 6) is 0.461. The minimum Gasteiger partial charge on any atom is -0.483 e. The Hall–Kier alpha value is -1.55. The van der Waals surface area contributed by atoms with Gasteiger partial charge in [-0.15, -0.1) is 0 Å². The van der Waals surface area contributed by atoms with Crippen molar-refractivity contribution >= 4 is 5.91 Å². The van der Waals surface area contributed by atoms with Gasteiger partial charge < -0.3 is 14.7 Å². The van der Waals surface area contributed by atoms with Crippen LogP contribution in [0.15, 0.2) is 24.3 Å². The number of aliphatic hydroxyl groups excluding tert-OH is 1. The van der Waals surface area contributed by atoms with Crippen molar-refractivity contribution in [1.29, 1.82) is 0 Å². The molecule has 1 aromatic carbocycles. The summed E-state index contributed by atoms with van der Waals surface area (Å²) >= 11 is 0. The smallest absolute Gasteiger partial charge is 0.259 e. The molecule has 1 atom stereocenters. The van der Waals surface area contributed by atoms with Crippen molar-refractivity contribution in [2.75, 3.05) is 20.7 Å². The highest BCUT2D eigenvalue weighted by Crippen LogP contribution is 2.26. The molecule has 0 heterocycles. The zero-order valence-electron chi connectivity index (χ0n) is 10.5. The van der Waals surface area contributed by atoms with Gasteiger partial charge in [0.15, 0.2) is 6.61 Å². The number of amides is 1. The summed E-state index contributed by atoms with van der Waals surface area (Å²) in [6.07, 6.45) is 0.0581. The van der Waals surface area contributed by atoms with Crippen LogP contribution in [0.4, 0.5) is 0 Å². The summed E-state index contributed by atoms with van der Waals surface area (Å²) in [5, 5.41) is 9.81. The number of carbonyl (C=O) groups is 1. The van der Waals surface area contributed by atoms with E-state index in [1.54, 1.807) is 20.2 Å². The molecule has 4 heteroatoms. The lowest BCUT2D eigenvalue weighted by molar-refractivity contribution is -0.130. The lowest BCUT2D eigenvalue weighted by Crippen LogP contribution is -2.27. The van der Waals surface area contributed by atoms with Gasteiger partial charge in [-0.25, -0.2) is 0 Å². The fourth-order valence-electron chi connectivity index (χ4n) is 1.38. The highest BCUT2D eigenvalue weighted by Gasteiger charge is 2.12. The number of hydrogen-bond acceptors (Lipinski definition) is 3. The largest absolute Gasteiger partial charge is 0.483 e. The van der Waals surface area contributed by atoms with Gasteiger partial charge in [0.2, 0.25) is 0 Å². The summed E-state index contributed by atoms with van der Waals surface area (Å²) in [4.78, 5) is 12.9. The fraction of sp³-hybridized carbons (Fsp3) is 0.462. The van der Waals surface area contributed by atoms with Crippen molar-refractivity contribution in [2.24, 2.45) is 0 Å². The number of ether oxygens (including phenoxy) is 1. The molecule has 0 spiro atoms. The van der Waals surface area contributed by atoms with Crippen LogP contribution in [-0.4, -0.2) is 36.6 Å². The lowest BCUT2D eigenvalue weighted by atomic mass is 10.1. The van der Waals surface area contributed by atoms with Crippen LogP contribution in [0, 0.1) is 0 Å². The zero-order chi connectivity index (χ0) is 12.8.